The number of hydrogen-bond acceptors (Lipinski definition) is 4. The fraction of sp³-hybridized carbons (Fsp3) is 0.238. The van der Waals surface area contributed by atoms with E-state index < -0.39 is 17.5 Å². The summed E-state index contributed by atoms with van der Waals surface area (Å²) in [6, 6.07) is 9.55. The molecule has 0 aliphatic rings. The number of halogens is 2. The van der Waals surface area contributed by atoms with Crippen molar-refractivity contribution in [1.82, 2.24) is 0 Å². The summed E-state index contributed by atoms with van der Waals surface area (Å²) in [5.41, 5.74) is 0.0813. The molecule has 0 aliphatic carbocycles. The van der Waals surface area contributed by atoms with Gasteiger partial charge < -0.3 is 14.8 Å². The second kappa shape index (κ2) is 10.1. The molecule has 2 aromatic rings. The fourth-order valence-corrected chi connectivity index (χ4v) is 2.31. The lowest BCUT2D eigenvalue weighted by Gasteiger charge is -2.12. The Morgan fingerprint density at radius 3 is 2.57 bits per heavy atom. The van der Waals surface area contributed by atoms with Crippen LogP contribution in [-0.2, 0) is 4.79 Å². The van der Waals surface area contributed by atoms with Crippen LogP contribution in [0.2, 0.25) is 0 Å². The van der Waals surface area contributed by atoms with E-state index in [0.717, 1.165) is 18.6 Å². The van der Waals surface area contributed by atoms with E-state index in [9.17, 15) is 18.8 Å². The second-order valence-corrected chi connectivity index (χ2v) is 5.74. The van der Waals surface area contributed by atoms with Crippen LogP contribution >= 0.6 is 0 Å². The fourth-order valence-electron chi connectivity index (χ4n) is 2.31. The highest BCUT2D eigenvalue weighted by Gasteiger charge is 2.13. The molecule has 2 aromatic carbocycles. The van der Waals surface area contributed by atoms with Gasteiger partial charge in [0.15, 0.2) is 11.5 Å². The number of carbonyl (C=O) groups excluding carboxylic acids is 1. The summed E-state index contributed by atoms with van der Waals surface area (Å²) in [4.78, 5) is 12.3. The third-order valence-corrected chi connectivity index (χ3v) is 3.58. The first-order chi connectivity index (χ1) is 13.5. The highest BCUT2D eigenvalue weighted by Crippen LogP contribution is 2.29. The van der Waals surface area contributed by atoms with Gasteiger partial charge in [-0.2, -0.15) is 5.26 Å². The number of hydrogen-bond donors (Lipinski definition) is 1. The van der Waals surface area contributed by atoms with Gasteiger partial charge in [0.25, 0.3) is 5.91 Å². The zero-order valence-corrected chi connectivity index (χ0v) is 15.6. The molecule has 0 saturated carbocycles. The number of anilines is 1. The van der Waals surface area contributed by atoms with Crippen molar-refractivity contribution in [2.24, 2.45) is 0 Å². The SMILES string of the molecule is CCCOc1ccc(/C=C(\C#N)C(=O)Nc2ccc(F)cc2F)cc1OCC. The van der Waals surface area contributed by atoms with E-state index >= 15 is 0 Å². The van der Waals surface area contributed by atoms with Crippen LogP contribution in [-0.4, -0.2) is 19.1 Å². The van der Waals surface area contributed by atoms with Gasteiger partial charge in [-0.25, -0.2) is 8.78 Å². The summed E-state index contributed by atoms with van der Waals surface area (Å²) >= 11 is 0. The molecule has 5 nitrogen and oxygen atoms in total. The molecule has 0 unspecified atom stereocenters. The molecule has 146 valence electrons. The van der Waals surface area contributed by atoms with E-state index in [0.29, 0.717) is 36.3 Å². The van der Waals surface area contributed by atoms with E-state index in [4.69, 9.17) is 9.47 Å². The number of nitrogens with zero attached hydrogens (tertiary/aromatic N) is 1. The molecule has 0 aliphatic heterocycles. The van der Waals surface area contributed by atoms with Gasteiger partial charge in [0.2, 0.25) is 0 Å². The van der Waals surface area contributed by atoms with Crippen LogP contribution in [0.5, 0.6) is 11.5 Å². The molecule has 0 aromatic heterocycles. The Morgan fingerprint density at radius 2 is 1.93 bits per heavy atom. The average molecular weight is 386 g/mol. The van der Waals surface area contributed by atoms with E-state index in [1.807, 2.05) is 13.8 Å². The molecule has 0 spiro atoms. The first-order valence-corrected chi connectivity index (χ1v) is 8.76. The number of nitriles is 1. The topological polar surface area (TPSA) is 71.3 Å². The maximum Gasteiger partial charge on any atom is 0.266 e. The molecule has 0 saturated heterocycles. The number of amides is 1. The molecule has 0 fully saturated rings. The summed E-state index contributed by atoms with van der Waals surface area (Å²) in [6.45, 7) is 4.77. The highest BCUT2D eigenvalue weighted by atomic mass is 19.1. The van der Waals surface area contributed by atoms with Crippen molar-refractivity contribution < 1.29 is 23.0 Å². The third kappa shape index (κ3) is 5.55. The van der Waals surface area contributed by atoms with Crippen molar-refractivity contribution in [3.8, 4) is 17.6 Å². The third-order valence-electron chi connectivity index (χ3n) is 3.58. The zero-order valence-electron chi connectivity index (χ0n) is 15.6. The van der Waals surface area contributed by atoms with Crippen LogP contribution in [0.4, 0.5) is 14.5 Å². The molecular weight excluding hydrogens is 366 g/mol. The number of nitrogens with one attached hydrogen (secondary N) is 1. The maximum atomic E-state index is 13.7. The monoisotopic (exact) mass is 386 g/mol. The lowest BCUT2D eigenvalue weighted by molar-refractivity contribution is -0.112. The predicted octanol–water partition coefficient (Wildman–Crippen LogP) is 4.70. The van der Waals surface area contributed by atoms with Crippen molar-refractivity contribution in [3.63, 3.8) is 0 Å². The van der Waals surface area contributed by atoms with E-state index in [2.05, 4.69) is 5.32 Å². The van der Waals surface area contributed by atoms with Crippen molar-refractivity contribution >= 4 is 17.7 Å². The average Bonchev–Trinajstić information content (AvgIpc) is 2.67. The van der Waals surface area contributed by atoms with Gasteiger partial charge in [-0.15, -0.1) is 0 Å². The molecule has 1 amide bonds. The normalized spacial score (nSPS) is 10.9. The standard InChI is InChI=1S/C21H20F2N2O3/c1-3-9-28-19-8-5-14(11-20(19)27-4-2)10-15(13-24)21(26)25-18-7-6-16(22)12-17(18)23/h5-8,10-12H,3-4,9H2,1-2H3,(H,25,26)/b15-10+. The van der Waals surface area contributed by atoms with E-state index in [1.165, 1.54) is 6.08 Å². The molecule has 7 heteroatoms. The molecular formula is C21H20F2N2O3. The van der Waals surface area contributed by atoms with Gasteiger partial charge in [-0.3, -0.25) is 4.79 Å². The van der Waals surface area contributed by atoms with Crippen LogP contribution in [0.1, 0.15) is 25.8 Å². The molecule has 0 heterocycles. The Hall–Kier alpha value is -3.40. The first-order valence-electron chi connectivity index (χ1n) is 8.76. The minimum atomic E-state index is -0.929. The molecule has 1 N–H and O–H groups in total. The van der Waals surface area contributed by atoms with Crippen LogP contribution in [0, 0.1) is 23.0 Å². The minimum absolute atomic E-state index is 0.217. The number of ether oxygens (including phenoxy) is 2. The Bertz CT molecular complexity index is 920. The van der Waals surface area contributed by atoms with Gasteiger partial charge in [-0.05, 0) is 49.2 Å². The Balaban J connectivity index is 2.26. The molecule has 2 rings (SSSR count). The lowest BCUT2D eigenvalue weighted by atomic mass is 10.1. The number of rotatable bonds is 8. The van der Waals surface area contributed by atoms with Gasteiger partial charge in [-0.1, -0.05) is 13.0 Å². The Labute approximate surface area is 162 Å². The summed E-state index contributed by atoms with van der Waals surface area (Å²) in [7, 11) is 0. The Kier molecular flexibility index (Phi) is 7.52. The molecule has 28 heavy (non-hydrogen) atoms. The summed E-state index contributed by atoms with van der Waals surface area (Å²) in [5.74, 6) is -1.44. The van der Waals surface area contributed by atoms with Gasteiger partial charge in [0.1, 0.15) is 23.3 Å². The van der Waals surface area contributed by atoms with Crippen molar-refractivity contribution in [1.29, 1.82) is 5.26 Å². The minimum Gasteiger partial charge on any atom is -0.490 e. The summed E-state index contributed by atoms with van der Waals surface area (Å²) in [6.07, 6.45) is 2.19. The van der Waals surface area contributed by atoms with Gasteiger partial charge in [0.05, 0.1) is 18.9 Å². The van der Waals surface area contributed by atoms with Crippen LogP contribution < -0.4 is 14.8 Å². The first kappa shape index (κ1) is 20.9. The van der Waals surface area contributed by atoms with Crippen molar-refractivity contribution in [2.75, 3.05) is 18.5 Å². The number of benzene rings is 2. The van der Waals surface area contributed by atoms with Crippen molar-refractivity contribution in [2.45, 2.75) is 20.3 Å². The second-order valence-electron chi connectivity index (χ2n) is 5.74. The Morgan fingerprint density at radius 1 is 1.14 bits per heavy atom. The predicted molar refractivity (Wildman–Crippen MR) is 102 cm³/mol. The molecule has 0 atom stereocenters. The molecule has 0 bridgehead atoms. The number of carbonyl (C=O) groups is 1. The highest BCUT2D eigenvalue weighted by molar-refractivity contribution is 6.09. The molecule has 0 radical (unpaired) electrons. The quantitative estimate of drug-likeness (QED) is 0.527. The van der Waals surface area contributed by atoms with Crippen LogP contribution in [0.25, 0.3) is 6.08 Å². The smallest absolute Gasteiger partial charge is 0.266 e. The maximum absolute atomic E-state index is 13.7. The van der Waals surface area contributed by atoms with E-state index in [-0.39, 0.29) is 11.3 Å². The zero-order chi connectivity index (χ0) is 20.5. The lowest BCUT2D eigenvalue weighted by Crippen LogP contribution is -2.14. The van der Waals surface area contributed by atoms with Gasteiger partial charge in [0, 0.05) is 6.07 Å². The van der Waals surface area contributed by atoms with Crippen LogP contribution in [0.3, 0.4) is 0 Å². The van der Waals surface area contributed by atoms with Gasteiger partial charge >= 0.3 is 0 Å². The van der Waals surface area contributed by atoms with E-state index in [1.54, 1.807) is 24.3 Å². The largest absolute Gasteiger partial charge is 0.490 e. The van der Waals surface area contributed by atoms with Crippen molar-refractivity contribution in [3.05, 3.63) is 59.2 Å². The summed E-state index contributed by atoms with van der Waals surface area (Å²) < 4.78 is 37.8. The van der Waals surface area contributed by atoms with Crippen LogP contribution in [0.15, 0.2) is 42.0 Å². The summed E-state index contributed by atoms with van der Waals surface area (Å²) in [5, 5.41) is 11.6.